The highest BCUT2D eigenvalue weighted by molar-refractivity contribution is 6.12. The third-order valence-corrected chi connectivity index (χ3v) is 3.84. The lowest BCUT2D eigenvalue weighted by Crippen LogP contribution is -2.26. The van der Waals surface area contributed by atoms with Gasteiger partial charge in [0.05, 0.1) is 5.71 Å². The van der Waals surface area contributed by atoms with E-state index in [4.69, 9.17) is 0 Å². The van der Waals surface area contributed by atoms with E-state index in [0.29, 0.717) is 41.9 Å². The van der Waals surface area contributed by atoms with Gasteiger partial charge in [0.1, 0.15) is 11.9 Å². The summed E-state index contributed by atoms with van der Waals surface area (Å²) in [6, 6.07) is 13.7. The van der Waals surface area contributed by atoms with E-state index in [9.17, 15) is 15.0 Å². The molecule has 0 saturated carbocycles. The van der Waals surface area contributed by atoms with Gasteiger partial charge in [-0.15, -0.1) is 0 Å². The number of phenols is 1. The van der Waals surface area contributed by atoms with E-state index < -0.39 is 6.10 Å². The molecule has 0 aromatic heterocycles. The number of carbonyl (C=O) groups is 1. The quantitative estimate of drug-likeness (QED) is 0.794. The SMILES string of the molecule is O=C1NCCCN=C(C(O)c2ccccc2O)c2ccccc21. The van der Waals surface area contributed by atoms with Gasteiger partial charge in [0, 0.05) is 29.8 Å². The smallest absolute Gasteiger partial charge is 0.251 e. The number of aliphatic hydroxyl groups excluding tert-OH is 1. The van der Waals surface area contributed by atoms with Crippen LogP contribution in [0.15, 0.2) is 53.5 Å². The molecule has 1 aliphatic heterocycles. The van der Waals surface area contributed by atoms with Gasteiger partial charge in [0.15, 0.2) is 0 Å². The van der Waals surface area contributed by atoms with Gasteiger partial charge >= 0.3 is 0 Å². The van der Waals surface area contributed by atoms with Crippen molar-refractivity contribution in [3.8, 4) is 5.75 Å². The Kier molecular flexibility index (Phi) is 4.39. The monoisotopic (exact) mass is 310 g/mol. The molecule has 0 fully saturated rings. The highest BCUT2D eigenvalue weighted by atomic mass is 16.3. The lowest BCUT2D eigenvalue weighted by atomic mass is 9.94. The number of hydrogen-bond donors (Lipinski definition) is 3. The van der Waals surface area contributed by atoms with Crippen molar-refractivity contribution >= 4 is 11.6 Å². The molecule has 118 valence electrons. The van der Waals surface area contributed by atoms with Crippen LogP contribution in [0.1, 0.15) is 34.0 Å². The summed E-state index contributed by atoms with van der Waals surface area (Å²) in [6.07, 6.45) is -0.403. The predicted molar refractivity (Wildman–Crippen MR) is 87.9 cm³/mol. The number of nitrogens with one attached hydrogen (secondary N) is 1. The third-order valence-electron chi connectivity index (χ3n) is 3.84. The number of fused-ring (bicyclic) bond motifs is 1. The van der Waals surface area contributed by atoms with Crippen molar-refractivity contribution in [2.24, 2.45) is 4.99 Å². The molecule has 1 heterocycles. The summed E-state index contributed by atoms with van der Waals surface area (Å²) < 4.78 is 0. The number of phenolic OH excluding ortho intramolecular Hbond substituents is 1. The van der Waals surface area contributed by atoms with Crippen LogP contribution in [0.25, 0.3) is 0 Å². The Hall–Kier alpha value is -2.66. The number of aliphatic imine (C=N–C) groups is 1. The first kappa shape index (κ1) is 15.2. The maximum atomic E-state index is 12.3. The highest BCUT2D eigenvalue weighted by Gasteiger charge is 2.24. The average Bonchev–Trinajstić information content (AvgIpc) is 2.65. The van der Waals surface area contributed by atoms with Crippen molar-refractivity contribution in [2.45, 2.75) is 12.5 Å². The Morgan fingerprint density at radius 2 is 1.74 bits per heavy atom. The van der Waals surface area contributed by atoms with Crippen molar-refractivity contribution in [3.63, 3.8) is 0 Å². The Balaban J connectivity index is 2.11. The standard InChI is InChI=1S/C18H18N2O3/c21-15-9-4-3-8-14(15)17(22)16-12-6-1-2-7-13(12)18(23)20-11-5-10-19-16/h1-4,6-9,17,21-22H,5,10-11H2,(H,20,23). The number of aliphatic hydroxyl groups is 1. The van der Waals surface area contributed by atoms with Crippen molar-refractivity contribution in [2.75, 3.05) is 13.1 Å². The van der Waals surface area contributed by atoms with Gasteiger partial charge in [-0.3, -0.25) is 9.79 Å². The Labute approximate surface area is 134 Å². The number of nitrogens with zero attached hydrogens (tertiary/aromatic N) is 1. The van der Waals surface area contributed by atoms with Gasteiger partial charge in [-0.25, -0.2) is 0 Å². The van der Waals surface area contributed by atoms with E-state index in [1.54, 1.807) is 42.5 Å². The van der Waals surface area contributed by atoms with Crippen LogP contribution in [0, 0.1) is 0 Å². The Bertz CT molecular complexity index is 755. The topological polar surface area (TPSA) is 81.9 Å². The number of carbonyl (C=O) groups excluding carboxylic acids is 1. The maximum absolute atomic E-state index is 12.3. The van der Waals surface area contributed by atoms with Crippen molar-refractivity contribution in [1.29, 1.82) is 0 Å². The van der Waals surface area contributed by atoms with Gasteiger partial charge < -0.3 is 15.5 Å². The van der Waals surface area contributed by atoms with Gasteiger partial charge in [-0.1, -0.05) is 36.4 Å². The number of amides is 1. The zero-order chi connectivity index (χ0) is 16.2. The maximum Gasteiger partial charge on any atom is 0.251 e. The summed E-state index contributed by atoms with van der Waals surface area (Å²) in [7, 11) is 0. The molecule has 2 aromatic rings. The fourth-order valence-electron chi connectivity index (χ4n) is 2.67. The van der Waals surface area contributed by atoms with Crippen molar-refractivity contribution in [3.05, 3.63) is 65.2 Å². The van der Waals surface area contributed by atoms with Crippen molar-refractivity contribution in [1.82, 2.24) is 5.32 Å². The number of hydrogen-bond acceptors (Lipinski definition) is 4. The van der Waals surface area contributed by atoms with Crippen LogP contribution < -0.4 is 5.32 Å². The molecule has 5 heteroatoms. The summed E-state index contributed by atoms with van der Waals surface area (Å²) in [4.78, 5) is 16.8. The van der Waals surface area contributed by atoms with Crippen LogP contribution in [-0.2, 0) is 0 Å². The fourth-order valence-corrected chi connectivity index (χ4v) is 2.67. The van der Waals surface area contributed by atoms with E-state index in [2.05, 4.69) is 10.3 Å². The molecular weight excluding hydrogens is 292 g/mol. The fraction of sp³-hybridized carbons (Fsp3) is 0.222. The van der Waals surface area contributed by atoms with Crippen LogP contribution in [0.5, 0.6) is 5.75 Å². The average molecular weight is 310 g/mol. The molecule has 1 amide bonds. The zero-order valence-corrected chi connectivity index (χ0v) is 12.6. The van der Waals surface area contributed by atoms with Crippen molar-refractivity contribution < 1.29 is 15.0 Å². The van der Waals surface area contributed by atoms with Gasteiger partial charge in [0.2, 0.25) is 0 Å². The second-order valence-corrected chi connectivity index (χ2v) is 5.38. The van der Waals surface area contributed by atoms with Gasteiger partial charge in [0.25, 0.3) is 5.91 Å². The molecule has 0 radical (unpaired) electrons. The molecule has 1 atom stereocenters. The molecular formula is C18H18N2O3. The molecule has 0 saturated heterocycles. The summed E-state index contributed by atoms with van der Waals surface area (Å²) in [5, 5.41) is 23.6. The molecule has 3 rings (SSSR count). The van der Waals surface area contributed by atoms with E-state index in [1.165, 1.54) is 6.07 Å². The lowest BCUT2D eigenvalue weighted by Gasteiger charge is -2.17. The minimum atomic E-state index is -1.09. The number of aromatic hydroxyl groups is 1. The minimum absolute atomic E-state index is 0.00417. The Morgan fingerprint density at radius 3 is 2.52 bits per heavy atom. The highest BCUT2D eigenvalue weighted by Crippen LogP contribution is 2.28. The zero-order valence-electron chi connectivity index (χ0n) is 12.6. The molecule has 1 aliphatic rings. The second-order valence-electron chi connectivity index (χ2n) is 5.38. The molecule has 2 aromatic carbocycles. The Morgan fingerprint density at radius 1 is 1.04 bits per heavy atom. The van der Waals surface area contributed by atoms with E-state index >= 15 is 0 Å². The molecule has 0 aliphatic carbocycles. The summed E-state index contributed by atoms with van der Waals surface area (Å²) >= 11 is 0. The third kappa shape index (κ3) is 3.10. The van der Waals surface area contributed by atoms with Crippen LogP contribution >= 0.6 is 0 Å². The lowest BCUT2D eigenvalue weighted by molar-refractivity contribution is 0.0953. The second kappa shape index (κ2) is 6.62. The van der Waals surface area contributed by atoms with E-state index in [-0.39, 0.29) is 11.7 Å². The minimum Gasteiger partial charge on any atom is -0.508 e. The van der Waals surface area contributed by atoms with E-state index in [0.717, 1.165) is 0 Å². The first-order valence-electron chi connectivity index (χ1n) is 7.56. The summed E-state index contributed by atoms with van der Waals surface area (Å²) in [5.74, 6) is -0.177. The number of para-hydroxylation sites is 1. The first-order valence-corrected chi connectivity index (χ1v) is 7.56. The first-order chi connectivity index (χ1) is 11.2. The predicted octanol–water partition coefficient (Wildman–Crippen LogP) is 2.05. The van der Waals surface area contributed by atoms with Crippen LogP contribution in [0.2, 0.25) is 0 Å². The molecule has 3 N–H and O–H groups in total. The summed E-state index contributed by atoms with van der Waals surface area (Å²) in [6.45, 7) is 1.03. The summed E-state index contributed by atoms with van der Waals surface area (Å²) in [5.41, 5.74) is 1.84. The van der Waals surface area contributed by atoms with Crippen LogP contribution in [-0.4, -0.2) is 34.9 Å². The molecule has 1 unspecified atom stereocenters. The largest absolute Gasteiger partial charge is 0.508 e. The molecule has 5 nitrogen and oxygen atoms in total. The van der Waals surface area contributed by atoms with Crippen LogP contribution in [0.4, 0.5) is 0 Å². The molecule has 23 heavy (non-hydrogen) atoms. The molecule has 0 bridgehead atoms. The van der Waals surface area contributed by atoms with Gasteiger partial charge in [-0.05, 0) is 18.6 Å². The normalized spacial score (nSPS) is 16.2. The molecule has 0 spiro atoms. The number of benzene rings is 2. The van der Waals surface area contributed by atoms with Gasteiger partial charge in [-0.2, -0.15) is 0 Å². The van der Waals surface area contributed by atoms with Crippen LogP contribution in [0.3, 0.4) is 0 Å². The van der Waals surface area contributed by atoms with E-state index in [1.807, 2.05) is 0 Å². The number of rotatable bonds is 2.